The molecule has 0 fully saturated rings. The summed E-state index contributed by atoms with van der Waals surface area (Å²) in [7, 11) is 0. The molecular weight excluding hydrogens is 172 g/mol. The highest BCUT2D eigenvalue weighted by molar-refractivity contribution is 5.56. The first-order valence-corrected chi connectivity index (χ1v) is 4.00. The minimum absolute atomic E-state index is 0.0577. The Bertz CT molecular complexity index is 273. The van der Waals surface area contributed by atoms with Crippen LogP contribution in [0.3, 0.4) is 0 Å². The predicted molar refractivity (Wildman–Crippen MR) is 48.8 cm³/mol. The molecule has 6 N–H and O–H groups in total. The van der Waals surface area contributed by atoms with E-state index in [1.807, 2.05) is 0 Å². The average Bonchev–Trinajstić information content (AvgIpc) is 2.37. The van der Waals surface area contributed by atoms with E-state index in [0.717, 1.165) is 0 Å². The van der Waals surface area contributed by atoms with Gasteiger partial charge in [0.1, 0.15) is 5.82 Å². The summed E-state index contributed by atoms with van der Waals surface area (Å²) in [5.41, 5.74) is 11.4. The molecule has 1 aromatic rings. The zero-order valence-corrected chi connectivity index (χ0v) is 7.22. The van der Waals surface area contributed by atoms with Crippen LogP contribution in [0.1, 0.15) is 6.42 Å². The second-order valence-electron chi connectivity index (χ2n) is 2.83. The van der Waals surface area contributed by atoms with Crippen molar-refractivity contribution >= 4 is 11.5 Å². The van der Waals surface area contributed by atoms with Crippen LogP contribution in [0.25, 0.3) is 0 Å². The number of rotatable bonds is 4. The Balaban J connectivity index is 2.58. The molecule has 6 heteroatoms. The Morgan fingerprint density at radius 2 is 2.23 bits per heavy atom. The van der Waals surface area contributed by atoms with Crippen LogP contribution < -0.4 is 11.5 Å². The van der Waals surface area contributed by atoms with Gasteiger partial charge in [-0.05, 0) is 6.42 Å². The van der Waals surface area contributed by atoms with Gasteiger partial charge in [0.05, 0.1) is 24.5 Å². The Kier molecular flexibility index (Phi) is 3.10. The summed E-state index contributed by atoms with van der Waals surface area (Å²) in [6.07, 6.45) is 1.09. The molecule has 0 saturated carbocycles. The van der Waals surface area contributed by atoms with Gasteiger partial charge in [0.25, 0.3) is 0 Å². The minimum Gasteiger partial charge on any atom is -0.396 e. The summed E-state index contributed by atoms with van der Waals surface area (Å²) in [4.78, 5) is 0. The summed E-state index contributed by atoms with van der Waals surface area (Å²) in [6, 6.07) is 0. The summed E-state index contributed by atoms with van der Waals surface area (Å²) in [5.74, 6) is 0.344. The van der Waals surface area contributed by atoms with Gasteiger partial charge in [-0.25, -0.2) is 4.68 Å². The van der Waals surface area contributed by atoms with Crippen LogP contribution in [0, 0.1) is 0 Å². The molecule has 0 aliphatic rings. The fraction of sp³-hybridized carbons (Fsp3) is 0.571. The van der Waals surface area contributed by atoms with Crippen molar-refractivity contribution in [3.8, 4) is 0 Å². The van der Waals surface area contributed by atoms with Crippen molar-refractivity contribution in [2.45, 2.75) is 19.1 Å². The molecule has 0 aromatic carbocycles. The SMILES string of the molecule is Nc1cnn(CC(O)CCO)c1N. The Morgan fingerprint density at radius 1 is 1.54 bits per heavy atom. The molecule has 1 unspecified atom stereocenters. The van der Waals surface area contributed by atoms with Crippen LogP contribution in [0.4, 0.5) is 11.5 Å². The smallest absolute Gasteiger partial charge is 0.145 e. The van der Waals surface area contributed by atoms with E-state index in [2.05, 4.69) is 5.10 Å². The summed E-state index contributed by atoms with van der Waals surface area (Å²) in [6.45, 7) is 0.196. The lowest BCUT2D eigenvalue weighted by Crippen LogP contribution is -2.19. The largest absolute Gasteiger partial charge is 0.396 e. The first-order chi connectivity index (χ1) is 6.15. The Morgan fingerprint density at radius 3 is 2.69 bits per heavy atom. The molecule has 1 aromatic heterocycles. The number of anilines is 2. The molecule has 1 atom stereocenters. The normalized spacial score (nSPS) is 13.1. The van der Waals surface area contributed by atoms with E-state index in [1.165, 1.54) is 10.9 Å². The lowest BCUT2D eigenvalue weighted by Gasteiger charge is -2.09. The van der Waals surface area contributed by atoms with Gasteiger partial charge in [0.15, 0.2) is 0 Å². The highest BCUT2D eigenvalue weighted by Crippen LogP contribution is 2.13. The van der Waals surface area contributed by atoms with Crippen LogP contribution >= 0.6 is 0 Å². The second-order valence-corrected chi connectivity index (χ2v) is 2.83. The molecule has 1 rings (SSSR count). The van der Waals surface area contributed by atoms with Crippen molar-refractivity contribution in [2.24, 2.45) is 0 Å². The molecule has 0 saturated heterocycles. The maximum Gasteiger partial charge on any atom is 0.145 e. The second kappa shape index (κ2) is 4.11. The summed E-state index contributed by atoms with van der Waals surface area (Å²) in [5, 5.41) is 21.7. The van der Waals surface area contributed by atoms with E-state index >= 15 is 0 Å². The molecule has 74 valence electrons. The number of aromatic nitrogens is 2. The van der Waals surface area contributed by atoms with E-state index in [-0.39, 0.29) is 13.2 Å². The maximum atomic E-state index is 9.32. The monoisotopic (exact) mass is 186 g/mol. The first kappa shape index (κ1) is 9.82. The third-order valence-corrected chi connectivity index (χ3v) is 1.76. The lowest BCUT2D eigenvalue weighted by molar-refractivity contribution is 0.114. The first-order valence-electron chi connectivity index (χ1n) is 4.00. The average molecular weight is 186 g/mol. The van der Waals surface area contributed by atoms with Crippen molar-refractivity contribution in [3.05, 3.63) is 6.20 Å². The number of hydrogen-bond acceptors (Lipinski definition) is 5. The van der Waals surface area contributed by atoms with Gasteiger partial charge >= 0.3 is 0 Å². The number of nitrogens with two attached hydrogens (primary N) is 2. The van der Waals surface area contributed by atoms with Crippen LogP contribution in [0.5, 0.6) is 0 Å². The fourth-order valence-corrected chi connectivity index (χ4v) is 0.995. The van der Waals surface area contributed by atoms with Gasteiger partial charge in [-0.2, -0.15) is 5.10 Å². The van der Waals surface area contributed by atoms with Crippen molar-refractivity contribution in [3.63, 3.8) is 0 Å². The van der Waals surface area contributed by atoms with E-state index in [1.54, 1.807) is 0 Å². The Labute approximate surface area is 75.8 Å². The number of nitrogen functional groups attached to an aromatic ring is 2. The van der Waals surface area contributed by atoms with Gasteiger partial charge in [0.2, 0.25) is 0 Å². The Hall–Kier alpha value is -1.27. The van der Waals surface area contributed by atoms with E-state index < -0.39 is 6.10 Å². The highest BCUT2D eigenvalue weighted by atomic mass is 16.3. The van der Waals surface area contributed by atoms with Crippen molar-refractivity contribution in [2.75, 3.05) is 18.1 Å². The summed E-state index contributed by atoms with van der Waals surface area (Å²) < 4.78 is 1.41. The molecule has 0 bridgehead atoms. The molecule has 1 heterocycles. The van der Waals surface area contributed by atoms with Gasteiger partial charge in [-0.3, -0.25) is 0 Å². The lowest BCUT2D eigenvalue weighted by atomic mass is 10.2. The van der Waals surface area contributed by atoms with Crippen molar-refractivity contribution < 1.29 is 10.2 Å². The van der Waals surface area contributed by atoms with Crippen LogP contribution in [0.15, 0.2) is 6.20 Å². The maximum absolute atomic E-state index is 9.32. The minimum atomic E-state index is -0.647. The quantitative estimate of drug-likeness (QED) is 0.471. The number of aliphatic hydroxyl groups excluding tert-OH is 2. The third kappa shape index (κ3) is 2.33. The van der Waals surface area contributed by atoms with E-state index in [9.17, 15) is 5.11 Å². The van der Waals surface area contributed by atoms with Crippen LogP contribution in [0.2, 0.25) is 0 Å². The standard InChI is InChI=1S/C7H14N4O2/c8-6-3-10-11(7(6)9)4-5(13)1-2-12/h3,5,12-13H,1-2,4,8-9H2. The zero-order chi connectivity index (χ0) is 9.84. The highest BCUT2D eigenvalue weighted by Gasteiger charge is 2.09. The van der Waals surface area contributed by atoms with Gasteiger partial charge in [0, 0.05) is 6.61 Å². The summed E-state index contributed by atoms with van der Waals surface area (Å²) >= 11 is 0. The van der Waals surface area contributed by atoms with E-state index in [0.29, 0.717) is 17.9 Å². The molecule has 0 aliphatic heterocycles. The third-order valence-electron chi connectivity index (χ3n) is 1.76. The van der Waals surface area contributed by atoms with Crippen molar-refractivity contribution in [1.29, 1.82) is 0 Å². The molecule has 0 spiro atoms. The number of hydrogen-bond donors (Lipinski definition) is 4. The predicted octanol–water partition coefficient (Wildman–Crippen LogP) is -1.21. The molecule has 0 aliphatic carbocycles. The number of nitrogens with zero attached hydrogens (tertiary/aromatic N) is 2. The molecule has 6 nitrogen and oxygen atoms in total. The molecule has 0 amide bonds. The van der Waals surface area contributed by atoms with Crippen LogP contribution in [-0.4, -0.2) is 32.7 Å². The van der Waals surface area contributed by atoms with Gasteiger partial charge in [-0.1, -0.05) is 0 Å². The molecular formula is C7H14N4O2. The van der Waals surface area contributed by atoms with Gasteiger partial charge in [-0.15, -0.1) is 0 Å². The molecule has 0 radical (unpaired) electrons. The van der Waals surface area contributed by atoms with Gasteiger partial charge < -0.3 is 21.7 Å². The zero-order valence-electron chi connectivity index (χ0n) is 7.22. The molecule has 13 heavy (non-hydrogen) atoms. The fourth-order valence-electron chi connectivity index (χ4n) is 0.995. The van der Waals surface area contributed by atoms with Crippen LogP contribution in [-0.2, 0) is 6.54 Å². The van der Waals surface area contributed by atoms with Crippen molar-refractivity contribution in [1.82, 2.24) is 9.78 Å². The number of aliphatic hydroxyl groups is 2. The van der Waals surface area contributed by atoms with E-state index in [4.69, 9.17) is 16.6 Å². The topological polar surface area (TPSA) is 110 Å².